The predicted octanol–water partition coefficient (Wildman–Crippen LogP) is 7.03. The van der Waals surface area contributed by atoms with Gasteiger partial charge in [0.05, 0.1) is 6.04 Å². The molecule has 222 valence electrons. The Morgan fingerprint density at radius 3 is 1.40 bits per heavy atom. The number of nitrogens with zero attached hydrogens (tertiary/aromatic N) is 1. The van der Waals surface area contributed by atoms with Crippen LogP contribution >= 0.6 is 0 Å². The first-order valence-electron chi connectivity index (χ1n) is 15.0. The fraction of sp³-hybridized carbons (Fsp3) is 0.351. The van der Waals surface area contributed by atoms with Gasteiger partial charge >= 0.3 is 0 Å². The molecule has 0 saturated heterocycles. The van der Waals surface area contributed by atoms with E-state index in [0.29, 0.717) is 6.61 Å². The zero-order valence-corrected chi connectivity index (χ0v) is 26.9. The normalized spacial score (nSPS) is 13.0. The van der Waals surface area contributed by atoms with Gasteiger partial charge in [0.2, 0.25) is 0 Å². The van der Waals surface area contributed by atoms with Crippen LogP contribution in [0.3, 0.4) is 0 Å². The highest BCUT2D eigenvalue weighted by Crippen LogP contribution is 2.37. The van der Waals surface area contributed by atoms with Crippen LogP contribution in [0.15, 0.2) is 121 Å². The van der Waals surface area contributed by atoms with Crippen molar-refractivity contribution in [3.8, 4) is 0 Å². The van der Waals surface area contributed by atoms with Crippen molar-refractivity contribution in [2.45, 2.75) is 64.1 Å². The topological polar surface area (TPSA) is 30.9 Å². The maximum atomic E-state index is 7.22. The van der Waals surface area contributed by atoms with Gasteiger partial charge in [0.1, 0.15) is 0 Å². The van der Waals surface area contributed by atoms with Crippen molar-refractivity contribution < 1.29 is 13.9 Å². The average molecular weight is 582 g/mol. The summed E-state index contributed by atoms with van der Waals surface area (Å²) < 4.78 is 19.0. The summed E-state index contributed by atoms with van der Waals surface area (Å²) in [5.41, 5.74) is 2.54. The third-order valence-corrected chi connectivity index (χ3v) is 13.1. The Morgan fingerprint density at radius 1 is 0.619 bits per heavy atom. The van der Waals surface area contributed by atoms with Crippen molar-refractivity contribution in [1.82, 2.24) is 4.90 Å². The van der Waals surface area contributed by atoms with E-state index in [4.69, 9.17) is 13.9 Å². The molecule has 0 radical (unpaired) electrons. The molecule has 0 spiro atoms. The summed E-state index contributed by atoms with van der Waals surface area (Å²) >= 11 is 0. The Kier molecular flexibility index (Phi) is 11.7. The van der Waals surface area contributed by atoms with E-state index in [2.05, 4.69) is 147 Å². The fourth-order valence-corrected chi connectivity index (χ4v) is 10.7. The molecule has 42 heavy (non-hydrogen) atoms. The molecule has 0 bridgehead atoms. The number of hydrogen-bond donors (Lipinski definition) is 0. The van der Waals surface area contributed by atoms with E-state index in [0.717, 1.165) is 25.9 Å². The maximum Gasteiger partial charge on any atom is 0.261 e. The minimum atomic E-state index is -2.59. The number of hydrogen-bond acceptors (Lipinski definition) is 4. The van der Waals surface area contributed by atoms with E-state index in [1.807, 2.05) is 0 Å². The zero-order valence-electron chi connectivity index (χ0n) is 25.9. The fourth-order valence-electron chi connectivity index (χ4n) is 6.11. The minimum absolute atomic E-state index is 0.0446. The quantitative estimate of drug-likeness (QED) is 0.0857. The van der Waals surface area contributed by atoms with Crippen molar-refractivity contribution in [2.24, 2.45) is 0 Å². The number of benzene rings is 4. The molecule has 1 unspecified atom stereocenters. The van der Waals surface area contributed by atoms with Crippen molar-refractivity contribution in [3.63, 3.8) is 0 Å². The highest BCUT2D eigenvalue weighted by Gasteiger charge is 2.50. The Bertz CT molecular complexity index is 1210. The summed E-state index contributed by atoms with van der Waals surface area (Å²) in [6.45, 7) is 9.26. The van der Waals surface area contributed by atoms with Gasteiger partial charge in [-0.2, -0.15) is 0 Å². The first-order chi connectivity index (χ1) is 20.4. The number of rotatable bonds is 15. The molecule has 0 N–H and O–H groups in total. The average Bonchev–Trinajstić information content (AvgIpc) is 3.02. The second-order valence-electron chi connectivity index (χ2n) is 11.9. The standard InChI is InChI=1S/C37H47NO3Si/c1-37(2,3)42(33-23-14-8-15-24-33,34-25-16-9-17-26-34)41-28-18-27-35(36(39-4)40-5)38(29-31-19-10-6-11-20-31)30-32-21-12-7-13-22-32/h6-17,19-26,35-36H,18,27-30H2,1-5H3. The van der Waals surface area contributed by atoms with Gasteiger partial charge in [-0.3, -0.25) is 4.90 Å². The molecule has 0 saturated carbocycles. The molecule has 1 atom stereocenters. The van der Waals surface area contributed by atoms with E-state index in [1.165, 1.54) is 21.5 Å². The molecule has 0 aliphatic heterocycles. The van der Waals surface area contributed by atoms with E-state index in [-0.39, 0.29) is 17.4 Å². The first-order valence-corrected chi connectivity index (χ1v) is 16.9. The lowest BCUT2D eigenvalue weighted by Gasteiger charge is -2.43. The molecule has 0 aromatic heterocycles. The lowest BCUT2D eigenvalue weighted by atomic mass is 10.1. The molecule has 4 aromatic rings. The smallest absolute Gasteiger partial charge is 0.261 e. The number of ether oxygens (including phenoxy) is 2. The number of methoxy groups -OCH3 is 2. The Hall–Kier alpha value is -3.06. The van der Waals surface area contributed by atoms with Gasteiger partial charge in [-0.25, -0.2) is 0 Å². The van der Waals surface area contributed by atoms with Crippen LogP contribution in [0.25, 0.3) is 0 Å². The molecular weight excluding hydrogens is 534 g/mol. The summed E-state index contributed by atoms with van der Waals surface area (Å²) in [5.74, 6) is 0. The third kappa shape index (κ3) is 7.85. The lowest BCUT2D eigenvalue weighted by molar-refractivity contribution is -0.152. The van der Waals surface area contributed by atoms with Crippen LogP contribution in [0, 0.1) is 0 Å². The largest absolute Gasteiger partial charge is 0.407 e. The van der Waals surface area contributed by atoms with Crippen LogP contribution in [0.2, 0.25) is 5.04 Å². The van der Waals surface area contributed by atoms with Gasteiger partial charge in [0.15, 0.2) is 6.29 Å². The van der Waals surface area contributed by atoms with Gasteiger partial charge in [-0.15, -0.1) is 0 Å². The van der Waals surface area contributed by atoms with Crippen LogP contribution in [0.1, 0.15) is 44.7 Å². The van der Waals surface area contributed by atoms with E-state index >= 15 is 0 Å². The molecule has 5 heteroatoms. The molecule has 4 rings (SSSR count). The van der Waals surface area contributed by atoms with Crippen molar-refractivity contribution in [2.75, 3.05) is 20.8 Å². The lowest BCUT2D eigenvalue weighted by Crippen LogP contribution is -2.66. The summed E-state index contributed by atoms with van der Waals surface area (Å²) in [6.07, 6.45) is 1.41. The molecule has 0 heterocycles. The molecule has 0 aliphatic rings. The molecular formula is C37H47NO3Si. The van der Waals surface area contributed by atoms with Crippen LogP contribution < -0.4 is 10.4 Å². The van der Waals surface area contributed by atoms with Crippen LogP contribution in [-0.4, -0.2) is 46.4 Å². The Labute approximate surface area is 254 Å². The zero-order chi connectivity index (χ0) is 29.8. The Morgan fingerprint density at radius 2 is 1.02 bits per heavy atom. The highest BCUT2D eigenvalue weighted by atomic mass is 28.4. The van der Waals surface area contributed by atoms with E-state index in [1.54, 1.807) is 14.2 Å². The third-order valence-electron chi connectivity index (χ3n) is 8.08. The second-order valence-corrected chi connectivity index (χ2v) is 16.2. The highest BCUT2D eigenvalue weighted by molar-refractivity contribution is 6.99. The van der Waals surface area contributed by atoms with Crippen LogP contribution in [0.4, 0.5) is 0 Å². The predicted molar refractivity (Wildman–Crippen MR) is 177 cm³/mol. The van der Waals surface area contributed by atoms with Gasteiger partial charge in [0, 0.05) is 33.9 Å². The van der Waals surface area contributed by atoms with Crippen molar-refractivity contribution in [3.05, 3.63) is 132 Å². The minimum Gasteiger partial charge on any atom is -0.407 e. The summed E-state index contributed by atoms with van der Waals surface area (Å²) in [6, 6.07) is 43.1. The second kappa shape index (κ2) is 15.4. The van der Waals surface area contributed by atoms with Gasteiger partial charge < -0.3 is 13.9 Å². The summed E-state index contributed by atoms with van der Waals surface area (Å²) in [5, 5.41) is 2.56. The Balaban J connectivity index is 1.60. The van der Waals surface area contributed by atoms with Gasteiger partial charge in [-0.1, -0.05) is 142 Å². The van der Waals surface area contributed by atoms with Crippen molar-refractivity contribution in [1.29, 1.82) is 0 Å². The molecule has 0 aliphatic carbocycles. The monoisotopic (exact) mass is 581 g/mol. The van der Waals surface area contributed by atoms with Crippen molar-refractivity contribution >= 4 is 18.7 Å². The van der Waals surface area contributed by atoms with E-state index < -0.39 is 8.32 Å². The van der Waals surface area contributed by atoms with Crippen LogP contribution in [-0.2, 0) is 27.0 Å². The molecule has 0 amide bonds. The maximum absolute atomic E-state index is 7.22. The molecule has 0 fully saturated rings. The molecule has 4 nitrogen and oxygen atoms in total. The summed E-state index contributed by atoms with van der Waals surface area (Å²) in [7, 11) is 0.888. The van der Waals surface area contributed by atoms with Gasteiger partial charge in [0.25, 0.3) is 8.32 Å². The van der Waals surface area contributed by atoms with E-state index in [9.17, 15) is 0 Å². The van der Waals surface area contributed by atoms with Crippen LogP contribution in [0.5, 0.6) is 0 Å². The first kappa shape index (κ1) is 31.9. The van der Waals surface area contributed by atoms with Gasteiger partial charge in [-0.05, 0) is 39.4 Å². The molecule has 4 aromatic carbocycles. The SMILES string of the molecule is COC(OC)C(CCCO[Si](c1ccccc1)(c1ccccc1)C(C)(C)C)N(Cc1ccccc1)Cc1ccccc1. The summed E-state index contributed by atoms with van der Waals surface area (Å²) in [4.78, 5) is 2.49.